The van der Waals surface area contributed by atoms with E-state index in [0.29, 0.717) is 0 Å². The third-order valence-electron chi connectivity index (χ3n) is 4.44. The molecule has 0 amide bonds. The Bertz CT molecular complexity index is 813. The molecule has 1 aliphatic carbocycles. The number of rotatable bonds is 3. The minimum atomic E-state index is -0.216. The monoisotopic (exact) mass is 406 g/mol. The van der Waals surface area contributed by atoms with Crippen molar-refractivity contribution in [1.29, 1.82) is 0 Å². The summed E-state index contributed by atoms with van der Waals surface area (Å²) in [5.41, 5.74) is 4.95. The van der Waals surface area contributed by atoms with Crippen LogP contribution in [0.25, 0.3) is 6.08 Å². The second-order valence-electron chi connectivity index (χ2n) is 5.81. The molecule has 0 bridgehead atoms. The first-order chi connectivity index (χ1) is 11.3. The first-order valence-corrected chi connectivity index (χ1v) is 8.38. The van der Waals surface area contributed by atoms with Gasteiger partial charge in [0, 0.05) is 0 Å². The summed E-state index contributed by atoms with van der Waals surface area (Å²) in [6.45, 7) is 0. The van der Waals surface area contributed by atoms with Crippen LogP contribution in [0.4, 0.5) is 0 Å². The summed E-state index contributed by atoms with van der Waals surface area (Å²) in [6.07, 6.45) is 6.37. The van der Waals surface area contributed by atoms with Gasteiger partial charge in [-0.1, -0.05) is 0 Å². The van der Waals surface area contributed by atoms with Crippen molar-refractivity contribution in [2.75, 3.05) is 0 Å². The molecule has 0 radical (unpaired) electrons. The van der Waals surface area contributed by atoms with E-state index in [1.807, 2.05) is 12.3 Å². The Morgan fingerprint density at radius 2 is 1.48 bits per heavy atom. The third-order valence-corrected chi connectivity index (χ3v) is 5.36. The van der Waals surface area contributed by atoms with Crippen LogP contribution < -0.4 is 0 Å². The zero-order valence-corrected chi connectivity index (χ0v) is 16.3. The van der Waals surface area contributed by atoms with Gasteiger partial charge in [0.2, 0.25) is 0 Å². The van der Waals surface area contributed by atoms with Crippen molar-refractivity contribution in [1.82, 2.24) is 4.98 Å². The van der Waals surface area contributed by atoms with Crippen molar-refractivity contribution in [2.45, 2.75) is 10.2 Å². The number of pyridine rings is 1. The topological polar surface area (TPSA) is 12.9 Å². The van der Waals surface area contributed by atoms with E-state index in [1.165, 1.54) is 16.7 Å². The second-order valence-corrected chi connectivity index (χ2v) is 6.87. The summed E-state index contributed by atoms with van der Waals surface area (Å²) in [5.74, 6) is 0.143. The molecule has 0 saturated carbocycles. The molecule has 3 aromatic rings. The average molecular weight is 407 g/mol. The molecule has 25 heavy (non-hydrogen) atoms. The van der Waals surface area contributed by atoms with Gasteiger partial charge in [0.05, 0.1) is 0 Å². The molecule has 2 aromatic carbocycles. The Labute approximate surface area is 169 Å². The molecule has 0 fully saturated rings. The van der Waals surface area contributed by atoms with E-state index >= 15 is 0 Å². The van der Waals surface area contributed by atoms with Crippen LogP contribution >= 0.6 is 24.8 Å². The summed E-state index contributed by atoms with van der Waals surface area (Å²) in [4.78, 5) is 4.66. The van der Waals surface area contributed by atoms with Gasteiger partial charge < -0.3 is 0 Å². The van der Waals surface area contributed by atoms with Crippen molar-refractivity contribution in [2.24, 2.45) is 0 Å². The molecule has 1 aliphatic rings. The molecule has 0 spiro atoms. The first-order valence-electron chi connectivity index (χ1n) is 7.74. The van der Waals surface area contributed by atoms with Crippen LogP contribution in [0.3, 0.4) is 0 Å². The van der Waals surface area contributed by atoms with Gasteiger partial charge in [0.15, 0.2) is 0 Å². The SMILES string of the molecule is Cl.Cl.[Cr][C]1(C(c2ccccc2)c2ccccn2)C=Cc2ccccc21. The molecule has 0 N–H and O–H groups in total. The number of fused-ring (bicyclic) bond motifs is 1. The van der Waals surface area contributed by atoms with E-state index in [9.17, 15) is 0 Å². The van der Waals surface area contributed by atoms with Crippen LogP contribution in [0.1, 0.15) is 28.3 Å². The zero-order valence-electron chi connectivity index (χ0n) is 13.4. The van der Waals surface area contributed by atoms with Crippen molar-refractivity contribution in [3.05, 3.63) is 107 Å². The number of halogens is 2. The van der Waals surface area contributed by atoms with Crippen LogP contribution in [0.15, 0.2) is 85.1 Å². The van der Waals surface area contributed by atoms with Gasteiger partial charge in [-0.15, -0.1) is 24.8 Å². The molecular weight excluding hydrogens is 389 g/mol. The molecule has 4 heteroatoms. The first kappa shape index (κ1) is 19.8. The van der Waals surface area contributed by atoms with E-state index in [0.717, 1.165) is 5.69 Å². The van der Waals surface area contributed by atoms with Gasteiger partial charge in [-0.3, -0.25) is 0 Å². The molecule has 1 nitrogen and oxygen atoms in total. The van der Waals surface area contributed by atoms with E-state index in [-0.39, 0.29) is 35.0 Å². The Morgan fingerprint density at radius 3 is 2.20 bits per heavy atom. The quantitative estimate of drug-likeness (QED) is 0.557. The van der Waals surface area contributed by atoms with E-state index in [2.05, 4.69) is 100 Å². The van der Waals surface area contributed by atoms with Gasteiger partial charge in [-0.05, 0) is 0 Å². The fraction of sp³-hybridized carbons (Fsp3) is 0.0952. The van der Waals surface area contributed by atoms with Crippen molar-refractivity contribution >= 4 is 30.9 Å². The number of benzene rings is 2. The molecule has 0 saturated heterocycles. The van der Waals surface area contributed by atoms with Gasteiger partial charge in [0.1, 0.15) is 0 Å². The van der Waals surface area contributed by atoms with Crippen LogP contribution in [-0.2, 0) is 20.6 Å². The standard InChI is InChI=1S/C21H16N.2ClH.Cr/c1-2-9-17(10-3-1)21(20-12-6-7-15-22-20)19-14-13-16-8-4-5-11-18(16)19;;;/h1-15,21H;2*1H;. The zero-order chi connectivity index (χ0) is 15.7. The summed E-state index contributed by atoms with van der Waals surface area (Å²) in [7, 11) is 0. The van der Waals surface area contributed by atoms with Crippen LogP contribution in [-0.4, -0.2) is 4.98 Å². The molecule has 4 rings (SSSR count). The van der Waals surface area contributed by atoms with E-state index in [4.69, 9.17) is 0 Å². The fourth-order valence-electron chi connectivity index (χ4n) is 3.38. The van der Waals surface area contributed by atoms with E-state index < -0.39 is 0 Å². The van der Waals surface area contributed by atoms with E-state index in [1.54, 1.807) is 0 Å². The predicted molar refractivity (Wildman–Crippen MR) is 104 cm³/mol. The molecule has 2 unspecified atom stereocenters. The number of hydrogen-bond donors (Lipinski definition) is 0. The van der Waals surface area contributed by atoms with Crippen LogP contribution in [0.5, 0.6) is 0 Å². The van der Waals surface area contributed by atoms with Crippen molar-refractivity contribution in [3.8, 4) is 0 Å². The number of aromatic nitrogens is 1. The normalized spacial score (nSPS) is 18.6. The Morgan fingerprint density at radius 1 is 0.800 bits per heavy atom. The molecular formula is C21H18Cl2CrN. The summed E-state index contributed by atoms with van der Waals surface area (Å²) < 4.78 is -0.216. The van der Waals surface area contributed by atoms with Gasteiger partial charge in [-0.2, -0.15) is 0 Å². The molecule has 2 atom stereocenters. The van der Waals surface area contributed by atoms with Crippen LogP contribution in [0, 0.1) is 0 Å². The predicted octanol–water partition coefficient (Wildman–Crippen LogP) is 5.53. The summed E-state index contributed by atoms with van der Waals surface area (Å²) in [5, 5.41) is 0. The maximum absolute atomic E-state index is 4.66. The second kappa shape index (κ2) is 8.21. The van der Waals surface area contributed by atoms with Crippen molar-refractivity contribution < 1.29 is 16.3 Å². The average Bonchev–Trinajstić information content (AvgIpc) is 2.95. The van der Waals surface area contributed by atoms with Crippen molar-refractivity contribution in [3.63, 3.8) is 0 Å². The number of hydrogen-bond acceptors (Lipinski definition) is 1. The van der Waals surface area contributed by atoms with Gasteiger partial charge >= 0.3 is 145 Å². The maximum atomic E-state index is 4.66. The Kier molecular flexibility index (Phi) is 6.49. The van der Waals surface area contributed by atoms with Gasteiger partial charge in [-0.25, -0.2) is 0 Å². The Balaban J connectivity index is 0.00000113. The van der Waals surface area contributed by atoms with Crippen LogP contribution in [0.2, 0.25) is 0 Å². The number of allylic oxidation sites excluding steroid dienone is 1. The summed E-state index contributed by atoms with van der Waals surface area (Å²) >= 11 is 3.48. The van der Waals surface area contributed by atoms with Gasteiger partial charge in [0.25, 0.3) is 0 Å². The molecule has 0 aliphatic heterocycles. The minimum absolute atomic E-state index is 0. The Hall–Kier alpha value is -1.56. The molecule has 1 heterocycles. The molecule has 127 valence electrons. The fourth-order valence-corrected chi connectivity index (χ4v) is 4.18. The molecule has 1 aromatic heterocycles. The third kappa shape index (κ3) is 3.54. The number of nitrogens with zero attached hydrogens (tertiary/aromatic N) is 1. The summed E-state index contributed by atoms with van der Waals surface area (Å²) in [6, 6.07) is 25.4.